The van der Waals surface area contributed by atoms with E-state index in [0.29, 0.717) is 28.1 Å². The van der Waals surface area contributed by atoms with Crippen molar-refractivity contribution in [3.63, 3.8) is 0 Å². The smallest absolute Gasteiger partial charge is 0.266 e. The second-order valence-electron chi connectivity index (χ2n) is 5.55. The first kappa shape index (κ1) is 16.5. The van der Waals surface area contributed by atoms with E-state index in [1.807, 2.05) is 12.1 Å². The Hall–Kier alpha value is -1.31. The normalized spacial score (nSPS) is 20.8. The summed E-state index contributed by atoms with van der Waals surface area (Å²) in [5, 5.41) is 0. The number of hydrogen-bond acceptors (Lipinski definition) is 6. The molecule has 0 radical (unpaired) electrons. The number of methoxy groups -OCH3 is 1. The number of carbonyl (C=O) groups excluding carboxylic acids is 1. The van der Waals surface area contributed by atoms with E-state index in [1.165, 1.54) is 31.0 Å². The molecule has 5 nitrogen and oxygen atoms in total. The Balaban J connectivity index is 1.70. The van der Waals surface area contributed by atoms with Gasteiger partial charge in [0.1, 0.15) is 10.1 Å². The zero-order valence-electron chi connectivity index (χ0n) is 13.1. The summed E-state index contributed by atoms with van der Waals surface area (Å²) in [6.07, 6.45) is 5.47. The van der Waals surface area contributed by atoms with Gasteiger partial charge >= 0.3 is 0 Å². The minimum Gasteiger partial charge on any atom is -0.441 e. The number of furan rings is 1. The highest BCUT2D eigenvalue weighted by Crippen LogP contribution is 2.33. The number of ether oxygens (including phenoxy) is 1. The average Bonchev–Trinajstić information content (AvgIpc) is 3.13. The zero-order valence-corrected chi connectivity index (χ0v) is 14.8. The lowest BCUT2D eigenvalue weighted by molar-refractivity contribution is -0.122. The summed E-state index contributed by atoms with van der Waals surface area (Å²) >= 11 is 6.58. The van der Waals surface area contributed by atoms with Crippen LogP contribution in [0.1, 0.15) is 25.0 Å². The molecule has 2 fully saturated rings. The van der Waals surface area contributed by atoms with E-state index in [4.69, 9.17) is 21.4 Å². The van der Waals surface area contributed by atoms with Gasteiger partial charge < -0.3 is 14.1 Å². The SMILES string of the molecule is COCCN1C(=O)/C(=C/c2ccc(N3CCCCC3)o2)SC1=S. The van der Waals surface area contributed by atoms with Crippen LogP contribution in [0.15, 0.2) is 21.5 Å². The number of thiocarbonyl (C=S) groups is 1. The molecule has 3 rings (SSSR count). The van der Waals surface area contributed by atoms with Crippen LogP contribution >= 0.6 is 24.0 Å². The van der Waals surface area contributed by atoms with Gasteiger partial charge in [0.25, 0.3) is 5.91 Å². The molecule has 0 bridgehead atoms. The van der Waals surface area contributed by atoms with Crippen LogP contribution in [0.5, 0.6) is 0 Å². The highest BCUT2D eigenvalue weighted by atomic mass is 32.2. The highest BCUT2D eigenvalue weighted by Gasteiger charge is 2.31. The molecule has 0 aliphatic carbocycles. The third-order valence-electron chi connectivity index (χ3n) is 3.95. The lowest BCUT2D eigenvalue weighted by atomic mass is 10.1. The topological polar surface area (TPSA) is 45.9 Å². The number of carbonyl (C=O) groups is 1. The van der Waals surface area contributed by atoms with Crippen LogP contribution in [0.3, 0.4) is 0 Å². The van der Waals surface area contributed by atoms with Gasteiger partial charge in [0, 0.05) is 32.3 Å². The second kappa shape index (κ2) is 7.51. The fourth-order valence-corrected chi connectivity index (χ4v) is 4.00. The van der Waals surface area contributed by atoms with Crippen molar-refractivity contribution in [3.05, 3.63) is 22.8 Å². The van der Waals surface area contributed by atoms with Crippen molar-refractivity contribution in [2.75, 3.05) is 38.3 Å². The number of nitrogens with zero attached hydrogens (tertiary/aromatic N) is 2. The molecule has 0 aromatic carbocycles. The van der Waals surface area contributed by atoms with Crippen molar-refractivity contribution < 1.29 is 13.9 Å². The molecule has 23 heavy (non-hydrogen) atoms. The van der Waals surface area contributed by atoms with E-state index >= 15 is 0 Å². The van der Waals surface area contributed by atoms with Gasteiger partial charge in [0.15, 0.2) is 5.88 Å². The Bertz CT molecular complexity index is 621. The van der Waals surface area contributed by atoms with Crippen molar-refractivity contribution in [1.82, 2.24) is 4.90 Å². The van der Waals surface area contributed by atoms with Gasteiger partial charge in [-0.3, -0.25) is 9.69 Å². The number of amides is 1. The Labute approximate surface area is 145 Å². The summed E-state index contributed by atoms with van der Waals surface area (Å²) in [7, 11) is 1.61. The Morgan fingerprint density at radius 3 is 2.87 bits per heavy atom. The molecule has 2 aliphatic rings. The maximum atomic E-state index is 12.4. The number of thioether (sulfide) groups is 1. The summed E-state index contributed by atoms with van der Waals surface area (Å²) in [5.74, 6) is 1.50. The van der Waals surface area contributed by atoms with Gasteiger partial charge in [-0.25, -0.2) is 0 Å². The molecule has 0 saturated carbocycles. The van der Waals surface area contributed by atoms with E-state index in [0.717, 1.165) is 19.0 Å². The van der Waals surface area contributed by atoms with E-state index in [2.05, 4.69) is 4.90 Å². The second-order valence-corrected chi connectivity index (χ2v) is 7.23. The fourth-order valence-electron chi connectivity index (χ4n) is 2.71. The molecular formula is C16H20N2O3S2. The monoisotopic (exact) mass is 352 g/mol. The Morgan fingerprint density at radius 1 is 1.35 bits per heavy atom. The first-order valence-electron chi connectivity index (χ1n) is 7.78. The van der Waals surface area contributed by atoms with Crippen LogP contribution in [0.4, 0.5) is 5.88 Å². The number of anilines is 1. The van der Waals surface area contributed by atoms with Crippen molar-refractivity contribution in [2.45, 2.75) is 19.3 Å². The molecule has 0 atom stereocenters. The average molecular weight is 352 g/mol. The van der Waals surface area contributed by atoms with E-state index in [-0.39, 0.29) is 5.91 Å². The summed E-state index contributed by atoms with van der Waals surface area (Å²) < 4.78 is 11.5. The van der Waals surface area contributed by atoms with Gasteiger partial charge in [-0.2, -0.15) is 0 Å². The maximum Gasteiger partial charge on any atom is 0.266 e. The minimum absolute atomic E-state index is 0.0760. The molecule has 3 heterocycles. The van der Waals surface area contributed by atoms with Crippen LogP contribution in [0.2, 0.25) is 0 Å². The zero-order chi connectivity index (χ0) is 16.2. The third kappa shape index (κ3) is 3.79. The summed E-state index contributed by atoms with van der Waals surface area (Å²) in [5.41, 5.74) is 0. The van der Waals surface area contributed by atoms with Crippen LogP contribution in [-0.2, 0) is 9.53 Å². The minimum atomic E-state index is -0.0760. The molecule has 1 aromatic heterocycles. The molecule has 1 aromatic rings. The van der Waals surface area contributed by atoms with E-state index < -0.39 is 0 Å². The van der Waals surface area contributed by atoms with Crippen LogP contribution < -0.4 is 4.90 Å². The molecule has 7 heteroatoms. The van der Waals surface area contributed by atoms with E-state index in [1.54, 1.807) is 18.1 Å². The van der Waals surface area contributed by atoms with Gasteiger partial charge in [0.2, 0.25) is 0 Å². The molecular weight excluding hydrogens is 332 g/mol. The van der Waals surface area contributed by atoms with Crippen molar-refractivity contribution in [3.8, 4) is 0 Å². The predicted molar refractivity (Wildman–Crippen MR) is 96.5 cm³/mol. The van der Waals surface area contributed by atoms with Gasteiger partial charge in [-0.1, -0.05) is 24.0 Å². The number of rotatable bonds is 5. The lowest BCUT2D eigenvalue weighted by Crippen LogP contribution is -2.31. The molecule has 0 N–H and O–H groups in total. The number of hydrogen-bond donors (Lipinski definition) is 0. The van der Waals surface area contributed by atoms with Crippen LogP contribution in [-0.4, -0.2) is 48.5 Å². The largest absolute Gasteiger partial charge is 0.441 e. The Kier molecular flexibility index (Phi) is 5.40. The van der Waals surface area contributed by atoms with Crippen molar-refractivity contribution in [2.24, 2.45) is 0 Å². The quantitative estimate of drug-likeness (QED) is 0.599. The summed E-state index contributed by atoms with van der Waals surface area (Å²) in [6, 6.07) is 3.88. The molecule has 2 aliphatic heterocycles. The number of piperidine rings is 1. The molecule has 1 amide bonds. The maximum absolute atomic E-state index is 12.4. The van der Waals surface area contributed by atoms with E-state index in [9.17, 15) is 4.79 Å². The molecule has 0 spiro atoms. The van der Waals surface area contributed by atoms with Crippen molar-refractivity contribution >= 4 is 46.2 Å². The molecule has 2 saturated heterocycles. The van der Waals surface area contributed by atoms with Crippen molar-refractivity contribution in [1.29, 1.82) is 0 Å². The molecule has 0 unspecified atom stereocenters. The highest BCUT2D eigenvalue weighted by molar-refractivity contribution is 8.26. The summed E-state index contributed by atoms with van der Waals surface area (Å²) in [4.78, 5) is 16.8. The Morgan fingerprint density at radius 2 is 2.13 bits per heavy atom. The fraction of sp³-hybridized carbons (Fsp3) is 0.500. The van der Waals surface area contributed by atoms with Gasteiger partial charge in [0.05, 0.1) is 18.1 Å². The predicted octanol–water partition coefficient (Wildman–Crippen LogP) is 3.12. The van der Waals surface area contributed by atoms with Gasteiger partial charge in [-0.15, -0.1) is 0 Å². The first-order chi connectivity index (χ1) is 11.2. The third-order valence-corrected chi connectivity index (χ3v) is 5.32. The lowest BCUT2D eigenvalue weighted by Gasteiger charge is -2.25. The van der Waals surface area contributed by atoms with Gasteiger partial charge in [-0.05, 0) is 25.3 Å². The van der Waals surface area contributed by atoms with Crippen LogP contribution in [0, 0.1) is 0 Å². The summed E-state index contributed by atoms with van der Waals surface area (Å²) in [6.45, 7) is 3.02. The molecule has 124 valence electrons. The first-order valence-corrected chi connectivity index (χ1v) is 9.00. The standard InChI is InChI=1S/C16H20N2O3S2/c1-20-10-9-18-15(19)13(23-16(18)22)11-12-5-6-14(21-12)17-7-3-2-4-8-17/h5-6,11H,2-4,7-10H2,1H3/b13-11-. The van der Waals surface area contributed by atoms with Crippen LogP contribution in [0.25, 0.3) is 6.08 Å².